The van der Waals surface area contributed by atoms with Crippen molar-refractivity contribution < 1.29 is 29.0 Å². The molecule has 0 fully saturated rings. The summed E-state index contributed by atoms with van der Waals surface area (Å²) >= 11 is 0. The second kappa shape index (κ2) is 11.7. The summed E-state index contributed by atoms with van der Waals surface area (Å²) in [7, 11) is 1.55. The molecule has 0 aliphatic rings. The minimum atomic E-state index is -1.04. The minimum Gasteiger partial charge on any atom is -0.478 e. The van der Waals surface area contributed by atoms with Crippen molar-refractivity contribution >= 4 is 29.2 Å². The molecule has 9 heteroatoms. The van der Waals surface area contributed by atoms with Gasteiger partial charge in [-0.15, -0.1) is 0 Å². The van der Waals surface area contributed by atoms with Crippen LogP contribution in [0.5, 0.6) is 0 Å². The Morgan fingerprint density at radius 2 is 1.57 bits per heavy atom. The maximum absolute atomic E-state index is 12.3. The Kier molecular flexibility index (Phi) is 8.95. The number of carboxylic acid groups (broad SMARTS) is 1. The number of methoxy groups -OCH3 is 1. The summed E-state index contributed by atoms with van der Waals surface area (Å²) in [5.41, 5.74) is 8.00. The predicted octanol–water partition coefficient (Wildman–Crippen LogP) is 1.49. The van der Waals surface area contributed by atoms with Gasteiger partial charge in [0.15, 0.2) is 0 Å². The number of amides is 2. The molecule has 5 N–H and O–H groups in total. The monoisotopic (exact) mass is 415 g/mol. The van der Waals surface area contributed by atoms with Crippen LogP contribution in [-0.2, 0) is 25.5 Å². The van der Waals surface area contributed by atoms with E-state index in [0.717, 1.165) is 5.56 Å². The smallest absolute Gasteiger partial charge is 0.335 e. The fraction of sp³-hybridized carbons (Fsp3) is 0.286. The fourth-order valence-corrected chi connectivity index (χ4v) is 2.51. The molecule has 1 atom stereocenters. The number of hydrogen-bond donors (Lipinski definition) is 4. The van der Waals surface area contributed by atoms with E-state index in [9.17, 15) is 14.4 Å². The third-order valence-electron chi connectivity index (χ3n) is 4.09. The van der Waals surface area contributed by atoms with E-state index in [0.29, 0.717) is 31.0 Å². The zero-order valence-corrected chi connectivity index (χ0v) is 16.6. The van der Waals surface area contributed by atoms with Crippen LogP contribution >= 0.6 is 0 Å². The average molecular weight is 415 g/mol. The maximum atomic E-state index is 12.3. The summed E-state index contributed by atoms with van der Waals surface area (Å²) in [6, 6.07) is 12.0. The Bertz CT molecular complexity index is 852. The first-order valence-corrected chi connectivity index (χ1v) is 9.24. The largest absolute Gasteiger partial charge is 0.478 e. The van der Waals surface area contributed by atoms with E-state index in [1.54, 1.807) is 31.4 Å². The molecule has 0 radical (unpaired) electrons. The molecular formula is C21H25N3O6. The van der Waals surface area contributed by atoms with Gasteiger partial charge in [-0.1, -0.05) is 12.1 Å². The van der Waals surface area contributed by atoms with Gasteiger partial charge in [0.2, 0.25) is 11.8 Å². The molecule has 0 saturated carbocycles. The Morgan fingerprint density at radius 3 is 2.17 bits per heavy atom. The molecule has 0 heterocycles. The number of carboxylic acids is 1. The van der Waals surface area contributed by atoms with Crippen molar-refractivity contribution in [1.29, 1.82) is 0 Å². The number of anilines is 2. The van der Waals surface area contributed by atoms with Gasteiger partial charge in [-0.3, -0.25) is 9.59 Å². The maximum Gasteiger partial charge on any atom is 0.335 e. The summed E-state index contributed by atoms with van der Waals surface area (Å²) < 4.78 is 9.98. The Morgan fingerprint density at radius 1 is 0.967 bits per heavy atom. The van der Waals surface area contributed by atoms with Crippen molar-refractivity contribution in [2.75, 3.05) is 37.6 Å². The highest BCUT2D eigenvalue weighted by molar-refractivity contribution is 5.95. The van der Waals surface area contributed by atoms with E-state index in [4.69, 9.17) is 20.3 Å². The van der Waals surface area contributed by atoms with Gasteiger partial charge in [-0.25, -0.2) is 4.79 Å². The van der Waals surface area contributed by atoms with E-state index >= 15 is 0 Å². The van der Waals surface area contributed by atoms with Crippen LogP contribution < -0.4 is 16.4 Å². The van der Waals surface area contributed by atoms with Gasteiger partial charge in [0, 0.05) is 18.5 Å². The normalized spacial score (nSPS) is 11.5. The third-order valence-corrected chi connectivity index (χ3v) is 4.09. The molecule has 160 valence electrons. The van der Waals surface area contributed by atoms with Crippen LogP contribution in [0, 0.1) is 0 Å². The van der Waals surface area contributed by atoms with Gasteiger partial charge >= 0.3 is 5.97 Å². The zero-order chi connectivity index (χ0) is 21.9. The first kappa shape index (κ1) is 23.0. The number of hydrogen-bond acceptors (Lipinski definition) is 6. The lowest BCUT2D eigenvalue weighted by molar-refractivity contribution is -0.121. The lowest BCUT2D eigenvalue weighted by Crippen LogP contribution is -2.37. The van der Waals surface area contributed by atoms with Gasteiger partial charge in [0.05, 0.1) is 24.8 Å². The molecule has 0 spiro atoms. The van der Waals surface area contributed by atoms with Crippen molar-refractivity contribution in [3.8, 4) is 0 Å². The van der Waals surface area contributed by atoms with Crippen molar-refractivity contribution in [1.82, 2.24) is 0 Å². The quantitative estimate of drug-likeness (QED) is 0.408. The van der Waals surface area contributed by atoms with Gasteiger partial charge in [0.25, 0.3) is 0 Å². The SMILES string of the molecule is COCCOCC(=O)Nc1ccc(CC(N)C(=O)Nc2ccc(C(=O)O)cc2)cc1. The topological polar surface area (TPSA) is 140 Å². The van der Waals surface area contributed by atoms with E-state index in [2.05, 4.69) is 10.6 Å². The van der Waals surface area contributed by atoms with Crippen LogP contribution in [0.3, 0.4) is 0 Å². The number of carbonyl (C=O) groups is 3. The van der Waals surface area contributed by atoms with Crippen molar-refractivity contribution in [2.24, 2.45) is 5.73 Å². The first-order valence-electron chi connectivity index (χ1n) is 9.24. The highest BCUT2D eigenvalue weighted by Crippen LogP contribution is 2.13. The van der Waals surface area contributed by atoms with Crippen molar-refractivity contribution in [3.63, 3.8) is 0 Å². The molecule has 0 aliphatic carbocycles. The van der Waals surface area contributed by atoms with Crippen molar-refractivity contribution in [2.45, 2.75) is 12.5 Å². The van der Waals surface area contributed by atoms with Crippen molar-refractivity contribution in [3.05, 3.63) is 59.7 Å². The van der Waals surface area contributed by atoms with Crippen LogP contribution in [0.15, 0.2) is 48.5 Å². The van der Waals surface area contributed by atoms with E-state index < -0.39 is 12.0 Å². The number of nitrogens with two attached hydrogens (primary N) is 1. The fourth-order valence-electron chi connectivity index (χ4n) is 2.51. The summed E-state index contributed by atoms with van der Waals surface area (Å²) in [6.07, 6.45) is 0.299. The lowest BCUT2D eigenvalue weighted by Gasteiger charge is -2.13. The predicted molar refractivity (Wildman–Crippen MR) is 111 cm³/mol. The number of benzene rings is 2. The third kappa shape index (κ3) is 7.63. The van der Waals surface area contributed by atoms with Gasteiger partial charge in [-0.2, -0.15) is 0 Å². The molecule has 0 aliphatic heterocycles. The van der Waals surface area contributed by atoms with Crippen LogP contribution in [0.2, 0.25) is 0 Å². The number of rotatable bonds is 11. The van der Waals surface area contributed by atoms with E-state index in [1.807, 2.05) is 0 Å². The summed E-state index contributed by atoms with van der Waals surface area (Å²) in [5, 5.41) is 14.3. The van der Waals surface area contributed by atoms with Crippen LogP contribution in [0.1, 0.15) is 15.9 Å². The summed E-state index contributed by atoms with van der Waals surface area (Å²) in [5.74, 6) is -1.70. The average Bonchev–Trinajstić information content (AvgIpc) is 2.73. The zero-order valence-electron chi connectivity index (χ0n) is 16.6. The van der Waals surface area contributed by atoms with E-state index in [1.165, 1.54) is 24.3 Å². The highest BCUT2D eigenvalue weighted by Gasteiger charge is 2.15. The van der Waals surface area contributed by atoms with Gasteiger partial charge < -0.3 is 30.9 Å². The second-order valence-corrected chi connectivity index (χ2v) is 6.47. The molecule has 0 aromatic heterocycles. The van der Waals surface area contributed by atoms with Crippen LogP contribution in [0.4, 0.5) is 11.4 Å². The summed E-state index contributed by atoms with van der Waals surface area (Å²) in [4.78, 5) is 34.9. The molecule has 0 saturated heterocycles. The number of carbonyl (C=O) groups excluding carboxylic acids is 2. The Hall–Kier alpha value is -3.27. The molecule has 2 amide bonds. The minimum absolute atomic E-state index is 0.0659. The number of ether oxygens (including phenoxy) is 2. The molecule has 0 bridgehead atoms. The molecule has 1 unspecified atom stereocenters. The Labute approximate surface area is 174 Å². The first-order chi connectivity index (χ1) is 14.4. The van der Waals surface area contributed by atoms with Crippen LogP contribution in [0.25, 0.3) is 0 Å². The number of nitrogens with one attached hydrogen (secondary N) is 2. The molecule has 30 heavy (non-hydrogen) atoms. The van der Waals surface area contributed by atoms with Crippen LogP contribution in [-0.4, -0.2) is 55.9 Å². The highest BCUT2D eigenvalue weighted by atomic mass is 16.5. The Balaban J connectivity index is 1.81. The molecular weight excluding hydrogens is 390 g/mol. The molecule has 2 rings (SSSR count). The second-order valence-electron chi connectivity index (χ2n) is 6.47. The summed E-state index contributed by atoms with van der Waals surface area (Å²) in [6.45, 7) is 0.694. The van der Waals surface area contributed by atoms with E-state index in [-0.39, 0.29) is 24.0 Å². The molecule has 9 nitrogen and oxygen atoms in total. The van der Waals surface area contributed by atoms with Gasteiger partial charge in [0.1, 0.15) is 6.61 Å². The lowest BCUT2D eigenvalue weighted by atomic mass is 10.1. The number of aromatic carboxylic acids is 1. The molecule has 2 aromatic rings. The van der Waals surface area contributed by atoms with Gasteiger partial charge in [-0.05, 0) is 48.4 Å². The molecule has 2 aromatic carbocycles. The standard InChI is InChI=1S/C21H25N3O6/c1-29-10-11-30-13-19(25)23-16-6-2-14(3-7-16)12-18(22)20(26)24-17-8-4-15(5-9-17)21(27)28/h2-9,18H,10-13,22H2,1H3,(H,23,25)(H,24,26)(H,27,28).